The highest BCUT2D eigenvalue weighted by Crippen LogP contribution is 2.32. The Bertz CT molecular complexity index is 663. The molecular weight excluding hydrogens is 276 g/mol. The number of thiophene rings is 1. The zero-order valence-electron chi connectivity index (χ0n) is 10.5. The lowest BCUT2D eigenvalue weighted by Crippen LogP contribution is -2.25. The van der Waals surface area contributed by atoms with Gasteiger partial charge in [0.2, 0.25) is 0 Å². The minimum atomic E-state index is -0.444. The van der Waals surface area contributed by atoms with E-state index >= 15 is 0 Å². The lowest BCUT2D eigenvalue weighted by Gasteiger charge is -2.05. The van der Waals surface area contributed by atoms with Crippen molar-refractivity contribution in [1.82, 2.24) is 5.32 Å². The van der Waals surface area contributed by atoms with Gasteiger partial charge in [-0.3, -0.25) is 14.9 Å². The van der Waals surface area contributed by atoms with Gasteiger partial charge in [-0.25, -0.2) is 0 Å². The van der Waals surface area contributed by atoms with Gasteiger partial charge in [0.15, 0.2) is 0 Å². The molecule has 1 N–H and O–H groups in total. The minimum Gasteiger partial charge on any atom is -0.349 e. The average molecular weight is 288 g/mol. The number of amides is 1. The number of carbonyl (C=O) groups is 1. The van der Waals surface area contributed by atoms with Gasteiger partial charge in [0.25, 0.3) is 11.6 Å². The highest BCUT2D eigenvalue weighted by atomic mass is 32.1. The molecule has 1 heterocycles. The van der Waals surface area contributed by atoms with Crippen LogP contribution < -0.4 is 5.32 Å². The molecule has 1 fully saturated rings. The maximum Gasteiger partial charge on any atom is 0.278 e. The molecule has 5 nitrogen and oxygen atoms in total. The zero-order valence-corrected chi connectivity index (χ0v) is 11.4. The van der Waals surface area contributed by atoms with Gasteiger partial charge in [-0.2, -0.15) is 11.3 Å². The Morgan fingerprint density at radius 3 is 2.75 bits per heavy atom. The first-order chi connectivity index (χ1) is 9.65. The molecule has 0 spiro atoms. The van der Waals surface area contributed by atoms with Crippen molar-refractivity contribution in [2.24, 2.45) is 0 Å². The molecule has 1 aromatic carbocycles. The second kappa shape index (κ2) is 5.05. The highest BCUT2D eigenvalue weighted by molar-refractivity contribution is 7.08. The smallest absolute Gasteiger partial charge is 0.278 e. The number of nitro groups is 1. The second-order valence-electron chi connectivity index (χ2n) is 4.75. The van der Waals surface area contributed by atoms with Crippen molar-refractivity contribution in [3.63, 3.8) is 0 Å². The minimum absolute atomic E-state index is 0.0353. The molecule has 0 aliphatic heterocycles. The molecule has 0 atom stereocenters. The number of nitrogens with zero attached hydrogens (tertiary/aromatic N) is 1. The quantitative estimate of drug-likeness (QED) is 0.693. The summed E-state index contributed by atoms with van der Waals surface area (Å²) in [5.74, 6) is -0.243. The van der Waals surface area contributed by atoms with Crippen molar-refractivity contribution < 1.29 is 9.72 Å². The Kier molecular flexibility index (Phi) is 3.23. The average Bonchev–Trinajstić information content (AvgIpc) is 3.08. The van der Waals surface area contributed by atoms with E-state index in [2.05, 4.69) is 5.32 Å². The van der Waals surface area contributed by atoms with Gasteiger partial charge in [0, 0.05) is 17.7 Å². The standard InChI is InChI=1S/C14H12N2O3S/c17-14(15-11-2-3-11)9-1-4-12(10-5-6-20-8-10)13(7-9)16(18)19/h1,4-8,11H,2-3H2,(H,15,17). The van der Waals surface area contributed by atoms with Crippen LogP contribution in [0.1, 0.15) is 23.2 Å². The van der Waals surface area contributed by atoms with E-state index in [1.54, 1.807) is 12.1 Å². The Labute approximate surface area is 119 Å². The first kappa shape index (κ1) is 12.8. The first-order valence-electron chi connectivity index (χ1n) is 6.27. The number of nitro benzene ring substituents is 1. The van der Waals surface area contributed by atoms with Crippen molar-refractivity contribution in [2.45, 2.75) is 18.9 Å². The fraction of sp³-hybridized carbons (Fsp3) is 0.214. The summed E-state index contributed by atoms with van der Waals surface area (Å²) in [4.78, 5) is 22.7. The molecule has 0 saturated heterocycles. The maximum absolute atomic E-state index is 11.9. The van der Waals surface area contributed by atoms with E-state index < -0.39 is 4.92 Å². The summed E-state index contributed by atoms with van der Waals surface area (Å²) in [5.41, 5.74) is 1.64. The molecule has 20 heavy (non-hydrogen) atoms. The first-order valence-corrected chi connectivity index (χ1v) is 7.21. The van der Waals surface area contributed by atoms with E-state index in [4.69, 9.17) is 0 Å². The van der Waals surface area contributed by atoms with Crippen LogP contribution in [0.4, 0.5) is 5.69 Å². The molecule has 2 aromatic rings. The summed E-state index contributed by atoms with van der Waals surface area (Å²) in [5, 5.41) is 17.8. The van der Waals surface area contributed by atoms with Crippen molar-refractivity contribution in [3.05, 3.63) is 50.7 Å². The van der Waals surface area contributed by atoms with Crippen LogP contribution in [0, 0.1) is 10.1 Å². The second-order valence-corrected chi connectivity index (χ2v) is 5.53. The largest absolute Gasteiger partial charge is 0.349 e. The number of nitrogens with one attached hydrogen (secondary N) is 1. The molecule has 1 aliphatic rings. The predicted molar refractivity (Wildman–Crippen MR) is 76.9 cm³/mol. The van der Waals surface area contributed by atoms with Crippen LogP contribution in [0.5, 0.6) is 0 Å². The number of hydrogen-bond donors (Lipinski definition) is 1. The summed E-state index contributed by atoms with van der Waals surface area (Å²) in [7, 11) is 0. The molecule has 102 valence electrons. The fourth-order valence-electron chi connectivity index (χ4n) is 1.98. The van der Waals surface area contributed by atoms with Gasteiger partial charge in [-0.05, 0) is 47.4 Å². The fourth-order valence-corrected chi connectivity index (χ4v) is 2.64. The summed E-state index contributed by atoms with van der Waals surface area (Å²) in [6.45, 7) is 0. The van der Waals surface area contributed by atoms with Gasteiger partial charge >= 0.3 is 0 Å². The number of hydrogen-bond acceptors (Lipinski definition) is 4. The van der Waals surface area contributed by atoms with Crippen molar-refractivity contribution >= 4 is 22.9 Å². The molecule has 1 saturated carbocycles. The Morgan fingerprint density at radius 2 is 2.15 bits per heavy atom. The topological polar surface area (TPSA) is 72.2 Å². The summed E-state index contributed by atoms with van der Waals surface area (Å²) >= 11 is 1.48. The van der Waals surface area contributed by atoms with E-state index in [-0.39, 0.29) is 17.6 Å². The van der Waals surface area contributed by atoms with Crippen molar-refractivity contribution in [2.75, 3.05) is 0 Å². The third-order valence-electron chi connectivity index (χ3n) is 3.20. The third-order valence-corrected chi connectivity index (χ3v) is 3.88. The van der Waals surface area contributed by atoms with Crippen molar-refractivity contribution in [3.8, 4) is 11.1 Å². The van der Waals surface area contributed by atoms with E-state index in [1.165, 1.54) is 17.4 Å². The molecule has 0 radical (unpaired) electrons. The molecule has 1 aliphatic carbocycles. The molecule has 1 aromatic heterocycles. The number of carbonyl (C=O) groups excluding carboxylic acids is 1. The van der Waals surface area contributed by atoms with Gasteiger partial charge in [-0.1, -0.05) is 0 Å². The van der Waals surface area contributed by atoms with Crippen LogP contribution >= 0.6 is 11.3 Å². The van der Waals surface area contributed by atoms with Crippen LogP contribution in [0.15, 0.2) is 35.0 Å². The Balaban J connectivity index is 1.97. The van der Waals surface area contributed by atoms with Crippen molar-refractivity contribution in [1.29, 1.82) is 0 Å². The Morgan fingerprint density at radius 1 is 1.35 bits per heavy atom. The molecule has 3 rings (SSSR count). The summed E-state index contributed by atoms with van der Waals surface area (Å²) in [6.07, 6.45) is 1.97. The van der Waals surface area contributed by atoms with Crippen LogP contribution in [-0.2, 0) is 0 Å². The van der Waals surface area contributed by atoms with Gasteiger partial charge in [0.05, 0.1) is 10.5 Å². The van der Waals surface area contributed by atoms with Crippen LogP contribution in [0.25, 0.3) is 11.1 Å². The lowest BCUT2D eigenvalue weighted by molar-refractivity contribution is -0.384. The van der Waals surface area contributed by atoms with E-state index in [1.807, 2.05) is 16.8 Å². The zero-order chi connectivity index (χ0) is 14.1. The SMILES string of the molecule is O=C(NC1CC1)c1ccc(-c2ccsc2)c([N+](=O)[O-])c1. The van der Waals surface area contributed by atoms with Gasteiger partial charge < -0.3 is 5.32 Å². The number of rotatable bonds is 4. The summed E-state index contributed by atoms with van der Waals surface area (Å²) in [6, 6.07) is 6.69. The van der Waals surface area contributed by atoms with E-state index in [0.29, 0.717) is 11.1 Å². The molecule has 0 bridgehead atoms. The molecular formula is C14H12N2O3S. The molecule has 1 amide bonds. The van der Waals surface area contributed by atoms with Crippen LogP contribution in [0.3, 0.4) is 0 Å². The monoisotopic (exact) mass is 288 g/mol. The predicted octanol–water partition coefficient (Wildman–Crippen LogP) is 3.22. The van der Waals surface area contributed by atoms with Gasteiger partial charge in [0.1, 0.15) is 0 Å². The summed E-state index contributed by atoms with van der Waals surface area (Å²) < 4.78 is 0. The highest BCUT2D eigenvalue weighted by Gasteiger charge is 2.25. The van der Waals surface area contributed by atoms with Gasteiger partial charge in [-0.15, -0.1) is 0 Å². The van der Waals surface area contributed by atoms with E-state index in [0.717, 1.165) is 18.4 Å². The lowest BCUT2D eigenvalue weighted by atomic mass is 10.0. The molecule has 6 heteroatoms. The Hall–Kier alpha value is -2.21. The number of benzene rings is 1. The van der Waals surface area contributed by atoms with Crippen LogP contribution in [0.2, 0.25) is 0 Å². The molecule has 0 unspecified atom stereocenters. The third kappa shape index (κ3) is 2.55. The van der Waals surface area contributed by atoms with Crippen LogP contribution in [-0.4, -0.2) is 16.9 Å². The normalized spacial score (nSPS) is 14.0. The maximum atomic E-state index is 11.9. The van der Waals surface area contributed by atoms with E-state index in [9.17, 15) is 14.9 Å².